The second-order valence-electron chi connectivity index (χ2n) is 6.86. The summed E-state index contributed by atoms with van der Waals surface area (Å²) in [4.78, 5) is 12.5. The van der Waals surface area contributed by atoms with Crippen LogP contribution in [0.4, 0.5) is 0 Å². The van der Waals surface area contributed by atoms with Crippen molar-refractivity contribution in [2.45, 2.75) is 46.3 Å². The van der Waals surface area contributed by atoms with E-state index in [9.17, 15) is 4.79 Å². The second-order valence-corrected chi connectivity index (χ2v) is 6.86. The van der Waals surface area contributed by atoms with Gasteiger partial charge in [0.15, 0.2) is 17.6 Å². The molecule has 0 saturated heterocycles. The van der Waals surface area contributed by atoms with Crippen LogP contribution in [0.3, 0.4) is 0 Å². The van der Waals surface area contributed by atoms with E-state index in [-0.39, 0.29) is 5.91 Å². The fraction of sp³-hybridized carbons (Fsp3) is 0.409. The number of ether oxygens (including phenoxy) is 3. The largest absolute Gasteiger partial charge is 0.493 e. The Labute approximate surface area is 161 Å². The standard InChI is InChI=1S/C22H29NO4/c1-14(2)18-9-7-15(3)11-20(18)27-16(4)22(24)23-13-17-8-10-19(25-5)21(12-17)26-6/h7-12,14,16H,13H2,1-6H3,(H,23,24)/t16-/m0/s1. The van der Waals surface area contributed by atoms with E-state index in [1.807, 2.05) is 31.2 Å². The molecule has 146 valence electrons. The molecule has 5 nitrogen and oxygen atoms in total. The monoisotopic (exact) mass is 371 g/mol. The Morgan fingerprint density at radius 1 is 0.963 bits per heavy atom. The molecular formula is C22H29NO4. The Bertz CT molecular complexity index is 786. The second kappa shape index (κ2) is 9.31. The van der Waals surface area contributed by atoms with E-state index in [2.05, 4.69) is 31.3 Å². The molecule has 2 aromatic carbocycles. The summed E-state index contributed by atoms with van der Waals surface area (Å²) in [6, 6.07) is 11.7. The molecule has 0 aromatic heterocycles. The van der Waals surface area contributed by atoms with E-state index in [1.54, 1.807) is 21.1 Å². The lowest BCUT2D eigenvalue weighted by Crippen LogP contribution is -2.36. The number of nitrogens with one attached hydrogen (secondary N) is 1. The Kier molecular flexibility index (Phi) is 7.11. The number of carbonyl (C=O) groups is 1. The summed E-state index contributed by atoms with van der Waals surface area (Å²) in [7, 11) is 3.18. The van der Waals surface area contributed by atoms with E-state index in [0.717, 1.165) is 22.4 Å². The highest BCUT2D eigenvalue weighted by Gasteiger charge is 2.17. The molecule has 0 fully saturated rings. The fourth-order valence-corrected chi connectivity index (χ4v) is 2.79. The maximum Gasteiger partial charge on any atom is 0.261 e. The minimum atomic E-state index is -0.593. The summed E-state index contributed by atoms with van der Waals surface area (Å²) in [5, 5.41) is 2.91. The van der Waals surface area contributed by atoms with Crippen LogP contribution in [0.15, 0.2) is 36.4 Å². The van der Waals surface area contributed by atoms with Gasteiger partial charge in [0.1, 0.15) is 5.75 Å². The van der Waals surface area contributed by atoms with Gasteiger partial charge in [0.2, 0.25) is 0 Å². The van der Waals surface area contributed by atoms with Crippen molar-refractivity contribution in [2.24, 2.45) is 0 Å². The Morgan fingerprint density at radius 2 is 1.67 bits per heavy atom. The highest BCUT2D eigenvalue weighted by molar-refractivity contribution is 5.80. The zero-order chi connectivity index (χ0) is 20.0. The molecule has 0 radical (unpaired) electrons. The van der Waals surface area contributed by atoms with Crippen LogP contribution in [-0.2, 0) is 11.3 Å². The van der Waals surface area contributed by atoms with Gasteiger partial charge in [-0.05, 0) is 54.7 Å². The van der Waals surface area contributed by atoms with Crippen LogP contribution in [0.1, 0.15) is 43.4 Å². The molecule has 0 aliphatic rings. The van der Waals surface area contributed by atoms with E-state index in [1.165, 1.54) is 0 Å². The topological polar surface area (TPSA) is 56.8 Å². The molecule has 1 atom stereocenters. The number of methoxy groups -OCH3 is 2. The van der Waals surface area contributed by atoms with Crippen molar-refractivity contribution in [3.05, 3.63) is 53.1 Å². The number of carbonyl (C=O) groups excluding carboxylic acids is 1. The predicted molar refractivity (Wildman–Crippen MR) is 107 cm³/mol. The van der Waals surface area contributed by atoms with Crippen LogP contribution in [0.5, 0.6) is 17.2 Å². The van der Waals surface area contributed by atoms with E-state index in [4.69, 9.17) is 14.2 Å². The number of benzene rings is 2. The number of hydrogen-bond donors (Lipinski definition) is 1. The number of rotatable bonds is 8. The molecule has 0 heterocycles. The van der Waals surface area contributed by atoms with Gasteiger partial charge in [-0.1, -0.05) is 32.0 Å². The third kappa shape index (κ3) is 5.39. The molecule has 1 amide bonds. The molecule has 2 rings (SSSR count). The quantitative estimate of drug-likeness (QED) is 0.755. The lowest BCUT2D eigenvalue weighted by molar-refractivity contribution is -0.127. The zero-order valence-electron chi connectivity index (χ0n) is 17.0. The summed E-state index contributed by atoms with van der Waals surface area (Å²) in [5.74, 6) is 2.21. The molecule has 0 spiro atoms. The van der Waals surface area contributed by atoms with Crippen LogP contribution < -0.4 is 19.5 Å². The molecule has 1 N–H and O–H groups in total. The Morgan fingerprint density at radius 3 is 2.30 bits per heavy atom. The molecule has 0 aliphatic carbocycles. The molecule has 0 bridgehead atoms. The molecule has 2 aromatic rings. The first-order chi connectivity index (χ1) is 12.8. The summed E-state index contributed by atoms with van der Waals surface area (Å²) in [6.45, 7) is 8.38. The lowest BCUT2D eigenvalue weighted by Gasteiger charge is -2.19. The van der Waals surface area contributed by atoms with Crippen molar-refractivity contribution in [1.29, 1.82) is 0 Å². The summed E-state index contributed by atoms with van der Waals surface area (Å²) >= 11 is 0. The van der Waals surface area contributed by atoms with Crippen LogP contribution in [-0.4, -0.2) is 26.2 Å². The minimum Gasteiger partial charge on any atom is -0.493 e. The highest BCUT2D eigenvalue weighted by atomic mass is 16.5. The molecule has 0 aliphatic heterocycles. The highest BCUT2D eigenvalue weighted by Crippen LogP contribution is 2.29. The summed E-state index contributed by atoms with van der Waals surface area (Å²) in [6.07, 6.45) is -0.593. The summed E-state index contributed by atoms with van der Waals surface area (Å²) in [5.41, 5.74) is 3.12. The van der Waals surface area contributed by atoms with Gasteiger partial charge in [0.05, 0.1) is 14.2 Å². The molecule has 27 heavy (non-hydrogen) atoms. The number of aryl methyl sites for hydroxylation is 1. The first kappa shape index (κ1) is 20.6. The maximum absolute atomic E-state index is 12.5. The minimum absolute atomic E-state index is 0.166. The van der Waals surface area contributed by atoms with Crippen molar-refractivity contribution in [2.75, 3.05) is 14.2 Å². The van der Waals surface area contributed by atoms with Crippen LogP contribution in [0.2, 0.25) is 0 Å². The normalized spacial score (nSPS) is 11.8. The average Bonchev–Trinajstić information content (AvgIpc) is 2.65. The van der Waals surface area contributed by atoms with E-state index >= 15 is 0 Å². The maximum atomic E-state index is 12.5. The van der Waals surface area contributed by atoms with E-state index in [0.29, 0.717) is 24.0 Å². The third-order valence-corrected chi connectivity index (χ3v) is 4.38. The predicted octanol–water partition coefficient (Wildman–Crippen LogP) is 4.22. The van der Waals surface area contributed by atoms with Crippen molar-refractivity contribution < 1.29 is 19.0 Å². The van der Waals surface area contributed by atoms with Crippen LogP contribution >= 0.6 is 0 Å². The first-order valence-electron chi connectivity index (χ1n) is 9.11. The lowest BCUT2D eigenvalue weighted by atomic mass is 10.0. The Hall–Kier alpha value is -2.69. The van der Waals surface area contributed by atoms with Gasteiger partial charge in [-0.15, -0.1) is 0 Å². The van der Waals surface area contributed by atoms with Gasteiger partial charge in [-0.25, -0.2) is 0 Å². The van der Waals surface area contributed by atoms with Crippen molar-refractivity contribution in [3.63, 3.8) is 0 Å². The number of hydrogen-bond acceptors (Lipinski definition) is 4. The van der Waals surface area contributed by atoms with Gasteiger partial charge in [-0.2, -0.15) is 0 Å². The van der Waals surface area contributed by atoms with Crippen LogP contribution in [0, 0.1) is 6.92 Å². The van der Waals surface area contributed by atoms with Crippen LogP contribution in [0.25, 0.3) is 0 Å². The average molecular weight is 371 g/mol. The van der Waals surface area contributed by atoms with Gasteiger partial charge >= 0.3 is 0 Å². The molecule has 0 unspecified atom stereocenters. The first-order valence-corrected chi connectivity index (χ1v) is 9.11. The summed E-state index contributed by atoms with van der Waals surface area (Å²) < 4.78 is 16.5. The van der Waals surface area contributed by atoms with Gasteiger partial charge in [0.25, 0.3) is 5.91 Å². The van der Waals surface area contributed by atoms with Gasteiger partial charge in [0, 0.05) is 6.54 Å². The van der Waals surface area contributed by atoms with Crippen molar-refractivity contribution in [1.82, 2.24) is 5.32 Å². The van der Waals surface area contributed by atoms with Crippen molar-refractivity contribution in [3.8, 4) is 17.2 Å². The molecule has 5 heteroatoms. The fourth-order valence-electron chi connectivity index (χ4n) is 2.79. The molecular weight excluding hydrogens is 342 g/mol. The van der Waals surface area contributed by atoms with E-state index < -0.39 is 6.10 Å². The van der Waals surface area contributed by atoms with Gasteiger partial charge < -0.3 is 19.5 Å². The zero-order valence-corrected chi connectivity index (χ0v) is 17.0. The third-order valence-electron chi connectivity index (χ3n) is 4.38. The van der Waals surface area contributed by atoms with Crippen molar-refractivity contribution >= 4 is 5.91 Å². The van der Waals surface area contributed by atoms with Gasteiger partial charge in [-0.3, -0.25) is 4.79 Å². The number of amides is 1. The molecule has 0 saturated carbocycles. The Balaban J connectivity index is 2.01. The smallest absolute Gasteiger partial charge is 0.261 e. The SMILES string of the molecule is COc1ccc(CNC(=O)[C@H](C)Oc2cc(C)ccc2C(C)C)cc1OC.